The van der Waals surface area contributed by atoms with Gasteiger partial charge >= 0.3 is 0 Å². The van der Waals surface area contributed by atoms with E-state index in [9.17, 15) is 4.79 Å². The second-order valence-corrected chi connectivity index (χ2v) is 4.16. The molecule has 2 rings (SSSR count). The molecule has 0 bridgehead atoms. The Morgan fingerprint density at radius 3 is 2.88 bits per heavy atom. The van der Waals surface area contributed by atoms with Crippen molar-refractivity contribution >= 4 is 16.8 Å². The lowest BCUT2D eigenvalue weighted by molar-refractivity contribution is -0.121. The molecule has 17 heavy (non-hydrogen) atoms. The maximum absolute atomic E-state index is 11.1. The Labute approximate surface area is 100.0 Å². The Morgan fingerprint density at radius 2 is 2.24 bits per heavy atom. The first-order valence-electron chi connectivity index (χ1n) is 5.54. The fourth-order valence-electron chi connectivity index (χ4n) is 1.92. The van der Waals surface area contributed by atoms with Gasteiger partial charge in [0.2, 0.25) is 5.91 Å². The van der Waals surface area contributed by atoms with Gasteiger partial charge in [-0.25, -0.2) is 0 Å². The number of nitrogens with two attached hydrogens (primary N) is 1. The molecule has 0 aliphatic heterocycles. The van der Waals surface area contributed by atoms with Gasteiger partial charge in [-0.1, -0.05) is 13.0 Å². The number of fused-ring (bicyclic) bond motifs is 1. The van der Waals surface area contributed by atoms with E-state index in [0.717, 1.165) is 16.7 Å². The van der Waals surface area contributed by atoms with E-state index in [2.05, 4.69) is 0 Å². The van der Waals surface area contributed by atoms with Crippen molar-refractivity contribution in [3.05, 3.63) is 30.5 Å². The van der Waals surface area contributed by atoms with Crippen molar-refractivity contribution < 1.29 is 9.53 Å². The predicted octanol–water partition coefficient (Wildman–Crippen LogP) is 1.77. The summed E-state index contributed by atoms with van der Waals surface area (Å²) in [6.07, 6.45) is 1.95. The molecule has 4 heteroatoms. The van der Waals surface area contributed by atoms with Gasteiger partial charge in [-0.2, -0.15) is 0 Å². The molecule has 1 unspecified atom stereocenters. The largest absolute Gasteiger partial charge is 0.496 e. The van der Waals surface area contributed by atoms with Crippen molar-refractivity contribution in [2.24, 2.45) is 11.7 Å². The predicted molar refractivity (Wildman–Crippen MR) is 66.8 cm³/mol. The third kappa shape index (κ3) is 2.11. The van der Waals surface area contributed by atoms with Gasteiger partial charge in [-0.05, 0) is 18.2 Å². The van der Waals surface area contributed by atoms with Crippen LogP contribution in [0.3, 0.4) is 0 Å². The molecule has 1 amide bonds. The number of carbonyl (C=O) groups is 1. The van der Waals surface area contributed by atoms with Crippen LogP contribution >= 0.6 is 0 Å². The highest BCUT2D eigenvalue weighted by Crippen LogP contribution is 2.26. The molecule has 2 N–H and O–H groups in total. The van der Waals surface area contributed by atoms with Crippen LogP contribution < -0.4 is 10.5 Å². The highest BCUT2D eigenvalue weighted by atomic mass is 16.5. The second-order valence-electron chi connectivity index (χ2n) is 4.16. The average Bonchev–Trinajstić information content (AvgIpc) is 2.72. The average molecular weight is 232 g/mol. The molecular formula is C13H16N2O2. The highest BCUT2D eigenvalue weighted by molar-refractivity contribution is 5.86. The Morgan fingerprint density at radius 1 is 1.47 bits per heavy atom. The lowest BCUT2D eigenvalue weighted by atomic mass is 10.1. The first kappa shape index (κ1) is 11.5. The molecule has 0 spiro atoms. The maximum atomic E-state index is 11.1. The maximum Gasteiger partial charge on any atom is 0.222 e. The number of hydrogen-bond acceptors (Lipinski definition) is 2. The summed E-state index contributed by atoms with van der Waals surface area (Å²) in [7, 11) is 1.65. The fraction of sp³-hybridized carbons (Fsp3) is 0.308. The lowest BCUT2D eigenvalue weighted by Crippen LogP contribution is -2.24. The van der Waals surface area contributed by atoms with Crippen LogP contribution in [0.5, 0.6) is 5.75 Å². The molecule has 0 aliphatic carbocycles. The number of rotatable bonds is 4. The minimum Gasteiger partial charge on any atom is -0.496 e. The zero-order chi connectivity index (χ0) is 12.4. The van der Waals surface area contributed by atoms with Crippen molar-refractivity contribution in [1.82, 2.24) is 4.57 Å². The standard InChI is InChI=1S/C13H16N2O2/c1-9(13(14)16)8-15-7-6-10-11(15)4-3-5-12(10)17-2/h3-7,9H,8H2,1-2H3,(H2,14,16). The zero-order valence-electron chi connectivity index (χ0n) is 10.0. The number of aromatic nitrogens is 1. The number of benzene rings is 1. The molecule has 0 radical (unpaired) electrons. The van der Waals surface area contributed by atoms with E-state index in [-0.39, 0.29) is 11.8 Å². The van der Waals surface area contributed by atoms with Gasteiger partial charge in [0.05, 0.1) is 18.5 Å². The number of methoxy groups -OCH3 is 1. The Hall–Kier alpha value is -1.97. The summed E-state index contributed by atoms with van der Waals surface area (Å²) in [5.41, 5.74) is 6.33. The Bertz CT molecular complexity index is 545. The van der Waals surface area contributed by atoms with Gasteiger partial charge in [0.1, 0.15) is 5.75 Å². The third-order valence-corrected chi connectivity index (χ3v) is 2.95. The van der Waals surface area contributed by atoms with Gasteiger partial charge in [0, 0.05) is 18.1 Å². The molecule has 4 nitrogen and oxygen atoms in total. The van der Waals surface area contributed by atoms with Crippen LogP contribution in [-0.2, 0) is 11.3 Å². The van der Waals surface area contributed by atoms with Gasteiger partial charge in [-0.3, -0.25) is 4.79 Å². The summed E-state index contributed by atoms with van der Waals surface area (Å²) in [5.74, 6) is 0.375. The van der Waals surface area contributed by atoms with Crippen LogP contribution in [0.4, 0.5) is 0 Å². The minimum atomic E-state index is -0.283. The molecule has 0 saturated heterocycles. The highest BCUT2D eigenvalue weighted by Gasteiger charge is 2.12. The SMILES string of the molecule is COc1cccc2c1ccn2CC(C)C(N)=O. The molecule has 0 saturated carbocycles. The van der Waals surface area contributed by atoms with Crippen molar-refractivity contribution in [2.45, 2.75) is 13.5 Å². The number of hydrogen-bond donors (Lipinski definition) is 1. The van der Waals surface area contributed by atoms with Gasteiger partial charge in [0.25, 0.3) is 0 Å². The van der Waals surface area contributed by atoms with Crippen molar-refractivity contribution in [3.63, 3.8) is 0 Å². The quantitative estimate of drug-likeness (QED) is 0.873. The van der Waals surface area contributed by atoms with E-state index in [4.69, 9.17) is 10.5 Å². The van der Waals surface area contributed by atoms with E-state index < -0.39 is 0 Å². The van der Waals surface area contributed by atoms with Crippen LogP contribution in [-0.4, -0.2) is 17.6 Å². The number of primary amides is 1. The first-order chi connectivity index (χ1) is 8.13. The lowest BCUT2D eigenvalue weighted by Gasteiger charge is -2.10. The van der Waals surface area contributed by atoms with Crippen LogP contribution in [0.1, 0.15) is 6.92 Å². The van der Waals surface area contributed by atoms with E-state index in [0.29, 0.717) is 6.54 Å². The third-order valence-electron chi connectivity index (χ3n) is 2.95. The van der Waals surface area contributed by atoms with Gasteiger partial charge in [0.15, 0.2) is 0 Å². The summed E-state index contributed by atoms with van der Waals surface area (Å²) in [6.45, 7) is 2.42. The van der Waals surface area contributed by atoms with E-state index >= 15 is 0 Å². The van der Waals surface area contributed by atoms with Gasteiger partial charge in [-0.15, -0.1) is 0 Å². The Kier molecular flexibility index (Phi) is 3.04. The molecule has 1 heterocycles. The van der Waals surface area contributed by atoms with E-state index in [1.165, 1.54) is 0 Å². The van der Waals surface area contributed by atoms with Crippen molar-refractivity contribution in [2.75, 3.05) is 7.11 Å². The normalized spacial score (nSPS) is 12.6. The van der Waals surface area contributed by atoms with Crippen molar-refractivity contribution in [1.29, 1.82) is 0 Å². The zero-order valence-corrected chi connectivity index (χ0v) is 10.0. The summed E-state index contributed by atoms with van der Waals surface area (Å²) >= 11 is 0. The first-order valence-corrected chi connectivity index (χ1v) is 5.54. The molecule has 1 aromatic carbocycles. The van der Waals surface area contributed by atoms with E-state index in [1.54, 1.807) is 7.11 Å². The van der Waals surface area contributed by atoms with Crippen LogP contribution in [0.15, 0.2) is 30.5 Å². The topological polar surface area (TPSA) is 57.2 Å². The molecular weight excluding hydrogens is 216 g/mol. The molecule has 90 valence electrons. The monoisotopic (exact) mass is 232 g/mol. The summed E-state index contributed by atoms with van der Waals surface area (Å²) in [5, 5.41) is 1.05. The second kappa shape index (κ2) is 4.49. The molecule has 2 aromatic rings. The molecule has 0 aliphatic rings. The number of carbonyl (C=O) groups excluding carboxylic acids is 1. The summed E-state index contributed by atoms with van der Waals surface area (Å²) < 4.78 is 7.31. The molecule has 1 atom stereocenters. The fourth-order valence-corrected chi connectivity index (χ4v) is 1.92. The Balaban J connectivity index is 2.40. The summed E-state index contributed by atoms with van der Waals surface area (Å²) in [6, 6.07) is 7.85. The summed E-state index contributed by atoms with van der Waals surface area (Å²) in [4.78, 5) is 11.1. The van der Waals surface area contributed by atoms with Crippen LogP contribution in [0.25, 0.3) is 10.9 Å². The van der Waals surface area contributed by atoms with Crippen LogP contribution in [0.2, 0.25) is 0 Å². The van der Waals surface area contributed by atoms with Crippen LogP contribution in [0, 0.1) is 5.92 Å². The minimum absolute atomic E-state index is 0.184. The van der Waals surface area contributed by atoms with Gasteiger partial charge < -0.3 is 15.0 Å². The molecule has 1 aromatic heterocycles. The van der Waals surface area contributed by atoms with Crippen molar-refractivity contribution in [3.8, 4) is 5.75 Å². The smallest absolute Gasteiger partial charge is 0.222 e. The number of ether oxygens (including phenoxy) is 1. The number of amides is 1. The van der Waals surface area contributed by atoms with E-state index in [1.807, 2.05) is 42.0 Å². The number of nitrogens with zero attached hydrogens (tertiary/aromatic N) is 1. The molecule has 0 fully saturated rings.